The van der Waals surface area contributed by atoms with E-state index < -0.39 is 5.95 Å². The second kappa shape index (κ2) is 4.67. The maximum atomic E-state index is 13.6. The van der Waals surface area contributed by atoms with Crippen molar-refractivity contribution in [3.05, 3.63) is 29.8 Å². The van der Waals surface area contributed by atoms with E-state index in [1.807, 2.05) is 4.90 Å². The first-order valence-electron chi connectivity index (χ1n) is 6.69. The summed E-state index contributed by atoms with van der Waals surface area (Å²) < 4.78 is 13.6. The van der Waals surface area contributed by atoms with E-state index in [1.54, 1.807) is 6.07 Å². The van der Waals surface area contributed by atoms with Gasteiger partial charge in [0.05, 0.1) is 5.56 Å². The van der Waals surface area contributed by atoms with E-state index in [2.05, 4.69) is 4.98 Å². The molecule has 1 saturated carbocycles. The van der Waals surface area contributed by atoms with Crippen molar-refractivity contribution in [2.75, 3.05) is 6.54 Å². The summed E-state index contributed by atoms with van der Waals surface area (Å²) >= 11 is 0. The number of hydrogen-bond donors (Lipinski definition) is 0. The molecule has 1 aromatic heterocycles. The predicted octanol–water partition coefficient (Wildman–Crippen LogP) is 2.63. The third kappa shape index (κ3) is 1.89. The van der Waals surface area contributed by atoms with Gasteiger partial charge < -0.3 is 4.90 Å². The molecule has 18 heavy (non-hydrogen) atoms. The van der Waals surface area contributed by atoms with Crippen LogP contribution in [0.2, 0.25) is 0 Å². The lowest BCUT2D eigenvalue weighted by Gasteiger charge is -2.31. The summed E-state index contributed by atoms with van der Waals surface area (Å²) in [6, 6.07) is 3.47. The summed E-state index contributed by atoms with van der Waals surface area (Å²) in [6.45, 7) is 0.766. The summed E-state index contributed by atoms with van der Waals surface area (Å²) in [7, 11) is 0. The summed E-state index contributed by atoms with van der Waals surface area (Å²) in [5.41, 5.74) is 0.115. The van der Waals surface area contributed by atoms with Gasteiger partial charge in [-0.3, -0.25) is 4.79 Å². The molecule has 1 saturated heterocycles. The number of aromatic nitrogens is 1. The lowest BCUT2D eigenvalue weighted by atomic mass is 9.85. The average molecular weight is 248 g/mol. The van der Waals surface area contributed by atoms with E-state index in [0.717, 1.165) is 19.4 Å². The van der Waals surface area contributed by atoms with Crippen LogP contribution in [0.3, 0.4) is 0 Å². The average Bonchev–Trinajstić information content (AvgIpc) is 2.82. The number of nitrogens with zero attached hydrogens (tertiary/aromatic N) is 2. The minimum absolute atomic E-state index is 0.115. The van der Waals surface area contributed by atoms with Crippen molar-refractivity contribution < 1.29 is 9.18 Å². The van der Waals surface area contributed by atoms with Crippen molar-refractivity contribution in [3.8, 4) is 0 Å². The molecule has 1 aromatic rings. The number of amides is 1. The summed E-state index contributed by atoms with van der Waals surface area (Å²) in [4.78, 5) is 17.8. The van der Waals surface area contributed by atoms with Crippen LogP contribution in [-0.4, -0.2) is 28.4 Å². The molecule has 3 rings (SSSR count). The molecule has 2 unspecified atom stereocenters. The minimum Gasteiger partial charge on any atom is -0.335 e. The van der Waals surface area contributed by atoms with E-state index >= 15 is 0 Å². The lowest BCUT2D eigenvalue weighted by molar-refractivity contribution is 0.0684. The number of halogens is 1. The van der Waals surface area contributed by atoms with Crippen LogP contribution < -0.4 is 0 Å². The highest BCUT2D eigenvalue weighted by Crippen LogP contribution is 2.36. The third-order valence-corrected chi connectivity index (χ3v) is 4.26. The molecular weight excluding hydrogens is 231 g/mol. The quantitative estimate of drug-likeness (QED) is 0.716. The molecule has 2 aliphatic rings. The third-order valence-electron chi connectivity index (χ3n) is 4.26. The fourth-order valence-corrected chi connectivity index (χ4v) is 3.36. The van der Waals surface area contributed by atoms with Crippen LogP contribution in [0.4, 0.5) is 4.39 Å². The van der Waals surface area contributed by atoms with Crippen molar-refractivity contribution in [1.29, 1.82) is 0 Å². The molecule has 0 aromatic carbocycles. The molecule has 2 atom stereocenters. The Kier molecular flexibility index (Phi) is 3.02. The molecule has 1 aliphatic carbocycles. The highest BCUT2D eigenvalue weighted by molar-refractivity contribution is 5.94. The second-order valence-electron chi connectivity index (χ2n) is 5.24. The zero-order chi connectivity index (χ0) is 12.5. The first kappa shape index (κ1) is 11.6. The molecule has 2 heterocycles. The van der Waals surface area contributed by atoms with E-state index in [-0.39, 0.29) is 11.5 Å². The van der Waals surface area contributed by atoms with E-state index in [1.165, 1.54) is 31.5 Å². The minimum atomic E-state index is -0.651. The Morgan fingerprint density at radius 2 is 2.17 bits per heavy atom. The SMILES string of the molecule is O=C(c1cccnc1F)N1CCC2CCCCC21. The fourth-order valence-electron chi connectivity index (χ4n) is 3.36. The Balaban J connectivity index is 1.83. The van der Waals surface area contributed by atoms with Crippen LogP contribution in [0, 0.1) is 11.9 Å². The monoisotopic (exact) mass is 248 g/mol. The summed E-state index contributed by atoms with van der Waals surface area (Å²) in [6.07, 6.45) is 7.17. The van der Waals surface area contributed by atoms with Crippen LogP contribution >= 0.6 is 0 Å². The molecule has 3 nitrogen and oxygen atoms in total. The van der Waals surface area contributed by atoms with E-state index in [4.69, 9.17) is 0 Å². The highest BCUT2D eigenvalue weighted by Gasteiger charge is 2.38. The number of pyridine rings is 1. The second-order valence-corrected chi connectivity index (χ2v) is 5.24. The number of likely N-dealkylation sites (tertiary alicyclic amines) is 1. The summed E-state index contributed by atoms with van der Waals surface area (Å²) in [5.74, 6) is -0.209. The first-order chi connectivity index (χ1) is 8.77. The topological polar surface area (TPSA) is 33.2 Å². The first-order valence-corrected chi connectivity index (χ1v) is 6.69. The van der Waals surface area contributed by atoms with Gasteiger partial charge in [-0.1, -0.05) is 12.8 Å². The number of carbonyl (C=O) groups excluding carboxylic acids is 1. The van der Waals surface area contributed by atoms with E-state index in [0.29, 0.717) is 12.0 Å². The smallest absolute Gasteiger partial charge is 0.258 e. The number of rotatable bonds is 1. The van der Waals surface area contributed by atoms with Gasteiger partial charge in [-0.2, -0.15) is 4.39 Å². The van der Waals surface area contributed by atoms with Gasteiger partial charge in [-0.15, -0.1) is 0 Å². The van der Waals surface area contributed by atoms with Crippen molar-refractivity contribution in [2.45, 2.75) is 38.1 Å². The normalized spacial score (nSPS) is 27.1. The molecule has 0 spiro atoms. The Labute approximate surface area is 106 Å². The molecule has 96 valence electrons. The van der Waals surface area contributed by atoms with Crippen LogP contribution in [0.25, 0.3) is 0 Å². The summed E-state index contributed by atoms with van der Waals surface area (Å²) in [5, 5.41) is 0. The Bertz CT molecular complexity index is 463. The predicted molar refractivity (Wildman–Crippen MR) is 65.6 cm³/mol. The van der Waals surface area contributed by atoms with Gasteiger partial charge in [0.2, 0.25) is 5.95 Å². The number of carbonyl (C=O) groups is 1. The number of hydrogen-bond acceptors (Lipinski definition) is 2. The van der Waals surface area contributed by atoms with Gasteiger partial charge in [0, 0.05) is 18.8 Å². The zero-order valence-corrected chi connectivity index (χ0v) is 10.3. The van der Waals surface area contributed by atoms with Gasteiger partial charge >= 0.3 is 0 Å². The van der Waals surface area contributed by atoms with Crippen molar-refractivity contribution in [1.82, 2.24) is 9.88 Å². The Hall–Kier alpha value is -1.45. The van der Waals surface area contributed by atoms with Crippen LogP contribution in [0.15, 0.2) is 18.3 Å². The molecule has 1 aliphatic heterocycles. The van der Waals surface area contributed by atoms with Crippen LogP contribution in [-0.2, 0) is 0 Å². The molecule has 0 N–H and O–H groups in total. The van der Waals surface area contributed by atoms with E-state index in [9.17, 15) is 9.18 Å². The van der Waals surface area contributed by atoms with Gasteiger partial charge in [0.1, 0.15) is 0 Å². The van der Waals surface area contributed by atoms with Gasteiger partial charge in [-0.05, 0) is 37.3 Å². The number of fused-ring (bicyclic) bond motifs is 1. The van der Waals surface area contributed by atoms with Crippen molar-refractivity contribution in [3.63, 3.8) is 0 Å². The van der Waals surface area contributed by atoms with Crippen molar-refractivity contribution in [2.24, 2.45) is 5.92 Å². The molecule has 2 fully saturated rings. The maximum absolute atomic E-state index is 13.6. The molecule has 0 bridgehead atoms. The van der Waals surface area contributed by atoms with Crippen LogP contribution in [0.1, 0.15) is 42.5 Å². The Morgan fingerprint density at radius 1 is 1.33 bits per heavy atom. The molecule has 0 radical (unpaired) electrons. The van der Waals surface area contributed by atoms with Gasteiger partial charge in [-0.25, -0.2) is 4.98 Å². The largest absolute Gasteiger partial charge is 0.335 e. The molecule has 4 heteroatoms. The maximum Gasteiger partial charge on any atom is 0.258 e. The van der Waals surface area contributed by atoms with Crippen molar-refractivity contribution >= 4 is 5.91 Å². The fraction of sp³-hybridized carbons (Fsp3) is 0.571. The Morgan fingerprint density at radius 3 is 3.00 bits per heavy atom. The molecule has 1 amide bonds. The lowest BCUT2D eigenvalue weighted by Crippen LogP contribution is -2.39. The van der Waals surface area contributed by atoms with Crippen LogP contribution in [0.5, 0.6) is 0 Å². The highest BCUT2D eigenvalue weighted by atomic mass is 19.1. The molecular formula is C14H17FN2O. The van der Waals surface area contributed by atoms with Gasteiger partial charge in [0.15, 0.2) is 0 Å². The standard InChI is InChI=1S/C14H17FN2O/c15-13-11(5-3-8-16-13)14(18)17-9-7-10-4-1-2-6-12(10)17/h3,5,8,10,12H,1-2,4,6-7,9H2. The zero-order valence-electron chi connectivity index (χ0n) is 10.3. The van der Waals surface area contributed by atoms with Gasteiger partial charge in [0.25, 0.3) is 5.91 Å².